The Morgan fingerprint density at radius 1 is 0.938 bits per heavy atom. The van der Waals surface area contributed by atoms with Crippen LogP contribution in [-0.4, -0.2) is 17.4 Å². The van der Waals surface area contributed by atoms with E-state index in [9.17, 15) is 35.5 Å². The predicted octanol–water partition coefficient (Wildman–Crippen LogP) is 6.22. The summed E-state index contributed by atoms with van der Waals surface area (Å²) in [5, 5.41) is 1.18. The van der Waals surface area contributed by atoms with Gasteiger partial charge in [0.25, 0.3) is 5.91 Å². The molecule has 3 aromatic rings. The molecule has 3 rings (SSSR count). The minimum atomic E-state index is -4.85. The van der Waals surface area contributed by atoms with Crippen LogP contribution in [0.25, 0.3) is 11.1 Å². The van der Waals surface area contributed by atoms with Gasteiger partial charge in [0.05, 0.1) is 22.7 Å². The van der Waals surface area contributed by atoms with Crippen molar-refractivity contribution in [3.63, 3.8) is 0 Å². The summed E-state index contributed by atoms with van der Waals surface area (Å²) in [7, 11) is 0. The normalized spacial score (nSPS) is 12.0. The Morgan fingerprint density at radius 2 is 1.56 bits per heavy atom. The lowest BCUT2D eigenvalue weighted by Gasteiger charge is -2.19. The van der Waals surface area contributed by atoms with E-state index in [1.807, 2.05) is 0 Å². The molecule has 0 unspecified atom stereocenters. The van der Waals surface area contributed by atoms with E-state index in [1.165, 1.54) is 0 Å². The molecular weight excluding hydrogens is 465 g/mol. The molecule has 0 aliphatic heterocycles. The summed E-state index contributed by atoms with van der Waals surface area (Å²) in [5.41, 5.74) is -3.01. The first-order valence-corrected chi connectivity index (χ1v) is 9.21. The summed E-state index contributed by atoms with van der Waals surface area (Å²) >= 11 is 5.87. The van der Waals surface area contributed by atoms with E-state index in [-0.39, 0.29) is 11.1 Å². The molecule has 32 heavy (non-hydrogen) atoms. The lowest BCUT2D eigenvalue weighted by molar-refractivity contribution is -0.137. The molecule has 0 spiro atoms. The van der Waals surface area contributed by atoms with Gasteiger partial charge in [-0.3, -0.25) is 9.78 Å². The molecule has 1 N–H and O–H groups in total. The highest BCUT2D eigenvalue weighted by Crippen LogP contribution is 2.35. The molecular formula is C21H12ClF7N2O. The first-order chi connectivity index (χ1) is 14.9. The zero-order chi connectivity index (χ0) is 23.7. The Morgan fingerprint density at radius 3 is 2.16 bits per heavy atom. The minimum Gasteiger partial charge on any atom is -0.346 e. The fourth-order valence-corrected chi connectivity index (χ4v) is 3.19. The third-order valence-electron chi connectivity index (χ3n) is 4.33. The number of halogens is 8. The number of benzene rings is 2. The highest BCUT2D eigenvalue weighted by Gasteiger charge is 2.38. The molecule has 1 amide bonds. The summed E-state index contributed by atoms with van der Waals surface area (Å²) < 4.78 is 95.0. The zero-order valence-corrected chi connectivity index (χ0v) is 16.5. The van der Waals surface area contributed by atoms with Crippen molar-refractivity contribution in [2.24, 2.45) is 0 Å². The maximum atomic E-state index is 14.6. The van der Waals surface area contributed by atoms with Gasteiger partial charge in [0.15, 0.2) is 0 Å². The van der Waals surface area contributed by atoms with Gasteiger partial charge in [-0.05, 0) is 35.9 Å². The fraction of sp³-hybridized carbons (Fsp3) is 0.143. The number of alkyl halides is 5. The molecule has 0 atom stereocenters. The second-order valence-corrected chi connectivity index (χ2v) is 7.05. The molecule has 168 valence electrons. The van der Waals surface area contributed by atoms with Gasteiger partial charge in [-0.25, -0.2) is 8.78 Å². The van der Waals surface area contributed by atoms with Gasteiger partial charge >= 0.3 is 12.1 Å². The number of rotatable bonds is 5. The van der Waals surface area contributed by atoms with Crippen molar-refractivity contribution in [3.05, 3.63) is 88.2 Å². The van der Waals surface area contributed by atoms with Crippen LogP contribution in [0, 0.1) is 11.6 Å². The fourth-order valence-electron chi connectivity index (χ4n) is 2.88. The highest BCUT2D eigenvalue weighted by atomic mass is 35.5. The monoisotopic (exact) mass is 476 g/mol. The third kappa shape index (κ3) is 5.18. The second kappa shape index (κ2) is 8.78. The van der Waals surface area contributed by atoms with Crippen molar-refractivity contribution in [3.8, 4) is 11.1 Å². The number of nitrogens with one attached hydrogen (secondary N) is 1. The SMILES string of the molecule is O=C(NCC(F)(F)c1ncc(-c2cc(F)cc(F)c2)cc1Cl)c1ccccc1C(F)(F)F. The van der Waals surface area contributed by atoms with Gasteiger partial charge in [-0.1, -0.05) is 23.7 Å². The summed E-state index contributed by atoms with van der Waals surface area (Å²) in [5.74, 6) is -7.01. The van der Waals surface area contributed by atoms with Gasteiger partial charge in [0.2, 0.25) is 0 Å². The van der Waals surface area contributed by atoms with E-state index in [4.69, 9.17) is 11.6 Å². The van der Waals surface area contributed by atoms with Gasteiger partial charge in [-0.15, -0.1) is 0 Å². The number of hydrogen-bond acceptors (Lipinski definition) is 2. The van der Waals surface area contributed by atoms with E-state index < -0.39 is 58.0 Å². The Kier molecular flexibility index (Phi) is 6.45. The molecule has 2 aromatic carbocycles. The van der Waals surface area contributed by atoms with Crippen molar-refractivity contribution >= 4 is 17.5 Å². The van der Waals surface area contributed by atoms with Gasteiger partial charge in [-0.2, -0.15) is 22.0 Å². The van der Waals surface area contributed by atoms with Crippen LogP contribution < -0.4 is 5.32 Å². The van der Waals surface area contributed by atoms with Crippen molar-refractivity contribution in [1.82, 2.24) is 10.3 Å². The quantitative estimate of drug-likeness (QED) is 0.444. The van der Waals surface area contributed by atoms with Crippen molar-refractivity contribution in [2.75, 3.05) is 6.54 Å². The molecule has 11 heteroatoms. The Hall–Kier alpha value is -3.14. The maximum Gasteiger partial charge on any atom is 0.417 e. The average molecular weight is 477 g/mol. The molecule has 1 aromatic heterocycles. The third-order valence-corrected chi connectivity index (χ3v) is 4.62. The summed E-state index contributed by atoms with van der Waals surface area (Å²) in [4.78, 5) is 15.6. The average Bonchev–Trinajstić information content (AvgIpc) is 2.70. The molecule has 0 saturated heterocycles. The van der Waals surface area contributed by atoms with Gasteiger partial charge in [0.1, 0.15) is 17.3 Å². The first kappa shape index (κ1) is 23.5. The van der Waals surface area contributed by atoms with E-state index in [1.54, 1.807) is 5.32 Å². The Balaban J connectivity index is 1.81. The van der Waals surface area contributed by atoms with E-state index >= 15 is 0 Å². The van der Waals surface area contributed by atoms with Crippen molar-refractivity contribution in [2.45, 2.75) is 12.1 Å². The van der Waals surface area contributed by atoms with Crippen LogP contribution in [0.1, 0.15) is 21.6 Å². The molecule has 0 aliphatic carbocycles. The molecule has 0 bridgehead atoms. The van der Waals surface area contributed by atoms with Gasteiger partial charge < -0.3 is 5.32 Å². The zero-order valence-electron chi connectivity index (χ0n) is 15.8. The summed E-state index contributed by atoms with van der Waals surface area (Å²) in [6.07, 6.45) is -3.95. The van der Waals surface area contributed by atoms with E-state index in [0.29, 0.717) is 12.1 Å². The number of amides is 1. The van der Waals surface area contributed by atoms with Crippen LogP contribution in [0.15, 0.2) is 54.7 Å². The number of carbonyl (C=O) groups excluding carboxylic acids is 1. The topological polar surface area (TPSA) is 42.0 Å². The largest absolute Gasteiger partial charge is 0.417 e. The molecule has 3 nitrogen and oxygen atoms in total. The lowest BCUT2D eigenvalue weighted by Crippen LogP contribution is -2.36. The number of carbonyl (C=O) groups is 1. The van der Waals surface area contributed by atoms with Crippen LogP contribution in [0.4, 0.5) is 30.7 Å². The highest BCUT2D eigenvalue weighted by molar-refractivity contribution is 6.31. The van der Waals surface area contributed by atoms with Crippen LogP contribution in [0.2, 0.25) is 5.02 Å². The number of pyridine rings is 1. The van der Waals surface area contributed by atoms with Crippen molar-refractivity contribution in [1.29, 1.82) is 0 Å². The Bertz CT molecular complexity index is 1140. The van der Waals surface area contributed by atoms with Crippen LogP contribution in [0.5, 0.6) is 0 Å². The second-order valence-electron chi connectivity index (χ2n) is 6.64. The Labute approximate surface area is 181 Å². The number of hydrogen-bond donors (Lipinski definition) is 1. The standard InChI is InChI=1S/C21H12ClF7N2O/c22-17-7-12(11-5-13(23)8-14(24)6-11)9-30-18(17)20(25,26)10-31-19(32)15-3-1-2-4-16(15)21(27,28)29/h1-9H,10H2,(H,31,32). The minimum absolute atomic E-state index is 0.00354. The molecule has 0 saturated carbocycles. The molecule has 0 radical (unpaired) electrons. The number of nitrogens with zero attached hydrogens (tertiary/aromatic N) is 1. The summed E-state index contributed by atoms with van der Waals surface area (Å²) in [6, 6.07) is 7.26. The van der Waals surface area contributed by atoms with Crippen LogP contribution in [-0.2, 0) is 12.1 Å². The van der Waals surface area contributed by atoms with Crippen molar-refractivity contribution < 1.29 is 35.5 Å². The smallest absolute Gasteiger partial charge is 0.346 e. The lowest BCUT2D eigenvalue weighted by atomic mass is 10.1. The van der Waals surface area contributed by atoms with Crippen LogP contribution >= 0.6 is 11.6 Å². The van der Waals surface area contributed by atoms with E-state index in [2.05, 4.69) is 4.98 Å². The molecule has 0 aliphatic rings. The van der Waals surface area contributed by atoms with E-state index in [0.717, 1.165) is 42.6 Å². The molecule has 0 fully saturated rings. The molecule has 1 heterocycles. The maximum absolute atomic E-state index is 14.6. The summed E-state index contributed by atoms with van der Waals surface area (Å²) in [6.45, 7) is -1.39. The van der Waals surface area contributed by atoms with Gasteiger partial charge in [0, 0.05) is 17.8 Å². The van der Waals surface area contributed by atoms with Crippen LogP contribution in [0.3, 0.4) is 0 Å². The first-order valence-electron chi connectivity index (χ1n) is 8.83. The predicted molar refractivity (Wildman–Crippen MR) is 102 cm³/mol. The number of aromatic nitrogens is 1.